The van der Waals surface area contributed by atoms with Gasteiger partial charge in [0.25, 0.3) is 0 Å². The Kier molecular flexibility index (Phi) is 5.37. The van der Waals surface area contributed by atoms with Gasteiger partial charge in [-0.25, -0.2) is 19.3 Å². The lowest BCUT2D eigenvalue weighted by Gasteiger charge is -2.30. The molecule has 0 atom stereocenters. The molecule has 1 spiro atoms. The number of benzene rings is 1. The summed E-state index contributed by atoms with van der Waals surface area (Å²) in [6.07, 6.45) is 12.3. The van der Waals surface area contributed by atoms with Gasteiger partial charge in [-0.3, -0.25) is 4.31 Å². The fraction of sp³-hybridized carbons (Fsp3) is 0.480. The minimum Gasteiger partial charge on any atom is -0.351 e. The minimum atomic E-state index is -0.121. The molecule has 2 fully saturated rings. The first-order valence-corrected chi connectivity index (χ1v) is 13.1. The minimum absolute atomic E-state index is 0.0919. The molecule has 1 saturated carbocycles. The highest BCUT2D eigenvalue weighted by molar-refractivity contribution is 7.96. The first kappa shape index (κ1) is 21.1. The molecule has 2 aliphatic heterocycles. The van der Waals surface area contributed by atoms with E-state index in [9.17, 15) is 0 Å². The van der Waals surface area contributed by atoms with Gasteiger partial charge in [-0.1, -0.05) is 30.9 Å². The quantitative estimate of drug-likeness (QED) is 0.527. The van der Waals surface area contributed by atoms with Gasteiger partial charge in [0, 0.05) is 60.1 Å². The zero-order valence-corrected chi connectivity index (χ0v) is 19.7. The van der Waals surface area contributed by atoms with Gasteiger partial charge in [0.05, 0.1) is 0 Å². The Hall–Kier alpha value is -2.45. The van der Waals surface area contributed by atoms with Crippen LogP contribution in [0.1, 0.15) is 44.1 Å². The van der Waals surface area contributed by atoms with Gasteiger partial charge in [0.1, 0.15) is 11.3 Å². The molecule has 0 bridgehead atoms. The molecule has 1 aliphatic carbocycles. The maximum Gasteiger partial charge on any atom is 0.223 e. The van der Waals surface area contributed by atoms with Crippen molar-refractivity contribution in [2.24, 2.45) is 0 Å². The largest absolute Gasteiger partial charge is 0.351 e. The van der Waals surface area contributed by atoms with Crippen molar-refractivity contribution in [2.45, 2.75) is 50.0 Å². The van der Waals surface area contributed by atoms with Gasteiger partial charge in [-0.15, -0.1) is 0 Å². The summed E-state index contributed by atoms with van der Waals surface area (Å²) in [5.41, 5.74) is 2.51. The highest BCUT2D eigenvalue weighted by Gasteiger charge is 2.47. The number of hydrogen-bond donors (Lipinski definition) is 1. The zero-order valence-electron chi connectivity index (χ0n) is 18.9. The Balaban J connectivity index is 1.36. The van der Waals surface area contributed by atoms with Crippen LogP contribution in [-0.4, -0.2) is 51.2 Å². The number of halogens is 1. The summed E-state index contributed by atoms with van der Waals surface area (Å²) in [7, 11) is 0. The summed E-state index contributed by atoms with van der Waals surface area (Å²) in [5, 5.41) is 4.50. The second-order valence-corrected chi connectivity index (χ2v) is 10.4. The first-order chi connectivity index (χ1) is 16.2. The fourth-order valence-corrected chi connectivity index (χ4v) is 6.53. The van der Waals surface area contributed by atoms with Gasteiger partial charge in [-0.05, 0) is 50.1 Å². The van der Waals surface area contributed by atoms with E-state index in [0.717, 1.165) is 86.1 Å². The molecule has 3 aromatic rings. The summed E-state index contributed by atoms with van der Waals surface area (Å²) in [4.78, 5) is 16.5. The molecule has 33 heavy (non-hydrogen) atoms. The van der Waals surface area contributed by atoms with Crippen LogP contribution in [-0.2, 0) is 5.41 Å². The number of anilines is 3. The van der Waals surface area contributed by atoms with Crippen molar-refractivity contribution < 1.29 is 4.39 Å². The van der Waals surface area contributed by atoms with Crippen molar-refractivity contribution >= 4 is 40.3 Å². The predicted molar refractivity (Wildman–Crippen MR) is 133 cm³/mol. The lowest BCUT2D eigenvalue weighted by molar-refractivity contribution is 0.358. The summed E-state index contributed by atoms with van der Waals surface area (Å²) in [6, 6.07) is 7.77. The SMILES string of the molecule is CSN1CCC(Nc2ncc3ccnc(N4CC5(CCCC5)c5c(F)cccc54)c3n2)CC1. The van der Waals surface area contributed by atoms with E-state index in [-0.39, 0.29) is 11.2 Å². The van der Waals surface area contributed by atoms with Crippen LogP contribution < -0.4 is 10.2 Å². The maximum absolute atomic E-state index is 15.1. The molecule has 0 radical (unpaired) electrons. The number of rotatable bonds is 4. The van der Waals surface area contributed by atoms with E-state index in [4.69, 9.17) is 9.97 Å². The van der Waals surface area contributed by atoms with Gasteiger partial charge >= 0.3 is 0 Å². The first-order valence-electron chi connectivity index (χ1n) is 11.9. The van der Waals surface area contributed by atoms with E-state index in [1.54, 1.807) is 6.07 Å². The number of aromatic nitrogens is 3. The van der Waals surface area contributed by atoms with Crippen LogP contribution in [0, 0.1) is 5.82 Å². The van der Waals surface area contributed by atoms with Crippen LogP contribution in [0.15, 0.2) is 36.7 Å². The number of nitrogens with zero attached hydrogens (tertiary/aromatic N) is 5. The third-order valence-corrected chi connectivity index (χ3v) is 8.50. The molecule has 4 heterocycles. The topological polar surface area (TPSA) is 57.2 Å². The second kappa shape index (κ2) is 8.40. The van der Waals surface area contributed by atoms with Gasteiger partial charge < -0.3 is 10.2 Å². The summed E-state index contributed by atoms with van der Waals surface area (Å²) in [5.74, 6) is 1.35. The van der Waals surface area contributed by atoms with E-state index in [0.29, 0.717) is 12.0 Å². The number of piperidine rings is 1. The Morgan fingerprint density at radius 2 is 1.94 bits per heavy atom. The highest BCUT2D eigenvalue weighted by atomic mass is 32.2. The van der Waals surface area contributed by atoms with Crippen LogP contribution in [0.5, 0.6) is 0 Å². The van der Waals surface area contributed by atoms with Crippen LogP contribution >= 0.6 is 11.9 Å². The Labute approximate surface area is 198 Å². The summed E-state index contributed by atoms with van der Waals surface area (Å²) < 4.78 is 17.5. The van der Waals surface area contributed by atoms with Crippen molar-refractivity contribution in [3.63, 3.8) is 0 Å². The lowest BCUT2D eigenvalue weighted by Crippen LogP contribution is -2.35. The van der Waals surface area contributed by atoms with E-state index in [1.807, 2.05) is 42.5 Å². The van der Waals surface area contributed by atoms with E-state index in [2.05, 4.69) is 25.8 Å². The zero-order chi connectivity index (χ0) is 22.4. The third kappa shape index (κ3) is 3.64. The summed E-state index contributed by atoms with van der Waals surface area (Å²) >= 11 is 1.81. The van der Waals surface area contributed by atoms with Crippen LogP contribution in [0.2, 0.25) is 0 Å². The predicted octanol–water partition coefficient (Wildman–Crippen LogP) is 5.28. The Morgan fingerprint density at radius 1 is 1.12 bits per heavy atom. The molecule has 6 rings (SSSR count). The van der Waals surface area contributed by atoms with Crippen molar-refractivity contribution in [3.8, 4) is 0 Å². The molecular formula is C25H29FN6S. The second-order valence-electron chi connectivity index (χ2n) is 9.50. The molecule has 0 unspecified atom stereocenters. The molecule has 1 saturated heterocycles. The van der Waals surface area contributed by atoms with Crippen molar-refractivity contribution in [1.29, 1.82) is 0 Å². The molecule has 8 heteroatoms. The molecule has 1 N–H and O–H groups in total. The Bertz CT molecular complexity index is 1170. The van der Waals surface area contributed by atoms with Gasteiger partial charge in [-0.2, -0.15) is 0 Å². The fourth-order valence-electron chi connectivity index (χ4n) is 5.95. The number of nitrogens with one attached hydrogen (secondary N) is 1. The smallest absolute Gasteiger partial charge is 0.223 e. The Morgan fingerprint density at radius 3 is 2.73 bits per heavy atom. The molecule has 172 valence electrons. The molecule has 1 aromatic carbocycles. The van der Waals surface area contributed by atoms with E-state index < -0.39 is 0 Å². The molecule has 0 amide bonds. The van der Waals surface area contributed by atoms with Gasteiger partial charge in [0.15, 0.2) is 5.82 Å². The number of fused-ring (bicyclic) bond motifs is 3. The number of hydrogen-bond acceptors (Lipinski definition) is 7. The molecule has 2 aromatic heterocycles. The maximum atomic E-state index is 15.1. The number of pyridine rings is 1. The van der Waals surface area contributed by atoms with E-state index >= 15 is 4.39 Å². The molecule has 6 nitrogen and oxygen atoms in total. The molecule has 3 aliphatic rings. The normalized spacial score (nSPS) is 20.6. The van der Waals surface area contributed by atoms with Crippen LogP contribution in [0.4, 0.5) is 21.8 Å². The van der Waals surface area contributed by atoms with Crippen LogP contribution in [0.3, 0.4) is 0 Å². The van der Waals surface area contributed by atoms with Crippen molar-refractivity contribution in [1.82, 2.24) is 19.3 Å². The lowest BCUT2D eigenvalue weighted by atomic mass is 9.80. The highest BCUT2D eigenvalue weighted by Crippen LogP contribution is 2.53. The summed E-state index contributed by atoms with van der Waals surface area (Å²) in [6.45, 7) is 2.89. The molecular weight excluding hydrogens is 435 g/mol. The third-order valence-electron chi connectivity index (χ3n) is 7.61. The standard InChI is InChI=1S/C25H29FN6S/c1-33-31-13-8-18(9-14-31)29-24-28-15-17-7-12-27-23(22(17)30-24)32-16-25(10-2-3-11-25)21-19(26)5-4-6-20(21)32/h4-7,12,15,18H,2-3,8-11,13-14,16H2,1H3,(H,28,29,30). The average Bonchev–Trinajstić information content (AvgIpc) is 3.45. The average molecular weight is 465 g/mol. The monoisotopic (exact) mass is 464 g/mol. The van der Waals surface area contributed by atoms with Crippen molar-refractivity contribution in [3.05, 3.63) is 48.0 Å². The van der Waals surface area contributed by atoms with Crippen LogP contribution in [0.25, 0.3) is 10.9 Å². The van der Waals surface area contributed by atoms with Crippen molar-refractivity contribution in [2.75, 3.05) is 36.1 Å². The van der Waals surface area contributed by atoms with Gasteiger partial charge in [0.2, 0.25) is 5.95 Å². The van der Waals surface area contributed by atoms with E-state index in [1.165, 1.54) is 0 Å².